The van der Waals surface area contributed by atoms with Crippen LogP contribution in [0.25, 0.3) is 0 Å². The highest BCUT2D eigenvalue weighted by molar-refractivity contribution is 9.10. The second-order valence-corrected chi connectivity index (χ2v) is 5.80. The van der Waals surface area contributed by atoms with Gasteiger partial charge in [-0.3, -0.25) is 0 Å². The summed E-state index contributed by atoms with van der Waals surface area (Å²) in [5.41, 5.74) is 2.04. The number of methoxy groups -OCH3 is 1. The zero-order chi connectivity index (χ0) is 17.2. The van der Waals surface area contributed by atoms with Crippen LogP contribution in [0.3, 0.4) is 0 Å². The molecule has 0 heterocycles. The molecule has 0 N–H and O–H groups in total. The van der Waals surface area contributed by atoms with Gasteiger partial charge in [0.1, 0.15) is 5.75 Å². The number of benzene rings is 1. The summed E-state index contributed by atoms with van der Waals surface area (Å²) in [5, 5.41) is 0. The maximum Gasteiger partial charge on any atom is 0.145 e. The molecular formula is C19H25BrN2O. The fraction of sp³-hybridized carbons (Fsp3) is 0.263. The van der Waals surface area contributed by atoms with Gasteiger partial charge in [0.15, 0.2) is 0 Å². The Morgan fingerprint density at radius 3 is 1.83 bits per heavy atom. The zero-order valence-electron chi connectivity index (χ0n) is 13.8. The van der Waals surface area contributed by atoms with Gasteiger partial charge in [0.05, 0.1) is 12.8 Å². The normalized spacial score (nSPS) is 9.83. The summed E-state index contributed by atoms with van der Waals surface area (Å²) in [7, 11) is 1.68. The summed E-state index contributed by atoms with van der Waals surface area (Å²) in [5.74, 6) is 0.802. The van der Waals surface area contributed by atoms with Crippen LogP contribution in [-0.2, 0) is 0 Å². The highest BCUT2D eigenvalue weighted by Gasteiger charge is 2.17. The fourth-order valence-corrected chi connectivity index (χ4v) is 3.05. The van der Waals surface area contributed by atoms with Crippen LogP contribution in [0.15, 0.2) is 67.2 Å². The molecule has 4 heteroatoms. The Bertz CT molecular complexity index is 549. The Kier molecular flexibility index (Phi) is 8.27. The Labute approximate surface area is 148 Å². The number of hydrogen-bond donors (Lipinski definition) is 0. The van der Waals surface area contributed by atoms with Gasteiger partial charge in [0.25, 0.3) is 0 Å². The molecule has 0 atom stereocenters. The molecule has 0 radical (unpaired) electrons. The van der Waals surface area contributed by atoms with Crippen molar-refractivity contribution in [2.45, 2.75) is 0 Å². The molecule has 0 fully saturated rings. The molecule has 0 aromatic heterocycles. The van der Waals surface area contributed by atoms with Crippen LogP contribution < -0.4 is 14.5 Å². The van der Waals surface area contributed by atoms with Crippen LogP contribution in [-0.4, -0.2) is 33.3 Å². The summed E-state index contributed by atoms with van der Waals surface area (Å²) in [6, 6.07) is 4.12. The topological polar surface area (TPSA) is 15.7 Å². The van der Waals surface area contributed by atoms with Crippen molar-refractivity contribution in [3.63, 3.8) is 0 Å². The third-order valence-electron chi connectivity index (χ3n) is 3.31. The van der Waals surface area contributed by atoms with Gasteiger partial charge in [-0.1, -0.05) is 24.3 Å². The molecule has 0 amide bonds. The largest absolute Gasteiger partial charge is 0.494 e. The average molecular weight is 377 g/mol. The van der Waals surface area contributed by atoms with Crippen LogP contribution in [0.1, 0.15) is 0 Å². The van der Waals surface area contributed by atoms with Crippen molar-refractivity contribution in [3.8, 4) is 5.75 Å². The Morgan fingerprint density at radius 2 is 1.39 bits per heavy atom. The van der Waals surface area contributed by atoms with Crippen molar-refractivity contribution < 1.29 is 4.74 Å². The second kappa shape index (κ2) is 9.95. The molecule has 0 aliphatic carbocycles. The number of nitrogens with zero attached hydrogens (tertiary/aromatic N) is 2. The number of anilines is 2. The summed E-state index contributed by atoms with van der Waals surface area (Å²) in [6.07, 6.45) is 7.48. The van der Waals surface area contributed by atoms with E-state index in [1.165, 1.54) is 0 Å². The van der Waals surface area contributed by atoms with Gasteiger partial charge in [0.2, 0.25) is 0 Å². The smallest absolute Gasteiger partial charge is 0.145 e. The molecule has 1 rings (SSSR count). The Hall–Kier alpha value is -1.94. The van der Waals surface area contributed by atoms with E-state index in [0.29, 0.717) is 13.1 Å². The molecule has 124 valence electrons. The van der Waals surface area contributed by atoms with Crippen LogP contribution in [0.4, 0.5) is 11.4 Å². The SMILES string of the molecule is C=CCN(CC=C)c1cc(Br)c(N(CC=C)CC=C)c(OC)c1. The van der Waals surface area contributed by atoms with Crippen molar-refractivity contribution in [3.05, 3.63) is 67.2 Å². The van der Waals surface area contributed by atoms with Crippen LogP contribution in [0, 0.1) is 0 Å². The van der Waals surface area contributed by atoms with Crippen LogP contribution in [0.5, 0.6) is 5.75 Å². The Morgan fingerprint density at radius 1 is 0.913 bits per heavy atom. The average Bonchev–Trinajstić information content (AvgIpc) is 2.53. The van der Waals surface area contributed by atoms with Crippen molar-refractivity contribution in [2.24, 2.45) is 0 Å². The standard InChI is InChI=1S/C19H25BrN2O/c1-6-10-21(11-7-2)16-14-17(20)19(18(15-16)23-5)22(12-8-3)13-9-4/h6-9,14-15H,1-4,10-13H2,5H3. The molecule has 0 bridgehead atoms. The minimum atomic E-state index is 0.712. The molecule has 23 heavy (non-hydrogen) atoms. The van der Waals surface area contributed by atoms with Crippen molar-refractivity contribution in [1.82, 2.24) is 0 Å². The van der Waals surface area contributed by atoms with Crippen molar-refractivity contribution >= 4 is 27.3 Å². The van der Waals surface area contributed by atoms with Gasteiger partial charge in [-0.25, -0.2) is 0 Å². The van der Waals surface area contributed by atoms with E-state index in [1.807, 2.05) is 30.4 Å². The third kappa shape index (κ3) is 5.03. The Balaban J connectivity index is 3.34. The van der Waals surface area contributed by atoms with E-state index in [2.05, 4.69) is 58.1 Å². The van der Waals surface area contributed by atoms with E-state index >= 15 is 0 Å². The molecule has 0 spiro atoms. The first-order chi connectivity index (χ1) is 11.1. The highest BCUT2D eigenvalue weighted by Crippen LogP contribution is 2.40. The van der Waals surface area contributed by atoms with Crippen molar-refractivity contribution in [1.29, 1.82) is 0 Å². The van der Waals surface area contributed by atoms with Gasteiger partial charge >= 0.3 is 0 Å². The van der Waals surface area contributed by atoms with Gasteiger partial charge in [-0.2, -0.15) is 0 Å². The molecule has 0 unspecified atom stereocenters. The minimum Gasteiger partial charge on any atom is -0.494 e. The molecule has 0 saturated heterocycles. The lowest BCUT2D eigenvalue weighted by Crippen LogP contribution is -2.26. The third-order valence-corrected chi connectivity index (χ3v) is 3.92. The van der Waals surface area contributed by atoms with E-state index < -0.39 is 0 Å². The number of halogens is 1. The second-order valence-electron chi connectivity index (χ2n) is 4.94. The van der Waals surface area contributed by atoms with Gasteiger partial charge in [-0.15, -0.1) is 26.3 Å². The summed E-state index contributed by atoms with van der Waals surface area (Å²) in [4.78, 5) is 4.32. The van der Waals surface area contributed by atoms with Crippen LogP contribution in [0.2, 0.25) is 0 Å². The molecule has 0 saturated carbocycles. The quantitative estimate of drug-likeness (QED) is 0.515. The van der Waals surface area contributed by atoms with Gasteiger partial charge in [-0.05, 0) is 22.0 Å². The summed E-state index contributed by atoms with van der Waals surface area (Å²) in [6.45, 7) is 18.2. The first-order valence-corrected chi connectivity index (χ1v) is 8.23. The monoisotopic (exact) mass is 376 g/mol. The predicted octanol–water partition coefficient (Wildman–Crippen LogP) is 4.81. The van der Waals surface area contributed by atoms with Crippen LogP contribution >= 0.6 is 15.9 Å². The summed E-state index contributed by atoms with van der Waals surface area (Å²) < 4.78 is 6.59. The van der Waals surface area contributed by atoms with E-state index in [4.69, 9.17) is 4.74 Å². The number of ether oxygens (including phenoxy) is 1. The molecule has 0 aliphatic heterocycles. The maximum atomic E-state index is 5.63. The first kappa shape index (κ1) is 19.1. The molecule has 1 aromatic rings. The number of rotatable bonds is 11. The maximum absolute atomic E-state index is 5.63. The first-order valence-electron chi connectivity index (χ1n) is 7.43. The number of hydrogen-bond acceptors (Lipinski definition) is 3. The van der Waals surface area contributed by atoms with Gasteiger partial charge in [0, 0.05) is 42.4 Å². The lowest BCUT2D eigenvalue weighted by atomic mass is 10.2. The lowest BCUT2D eigenvalue weighted by molar-refractivity contribution is 0.414. The van der Waals surface area contributed by atoms with E-state index in [9.17, 15) is 0 Å². The molecular weight excluding hydrogens is 352 g/mol. The van der Waals surface area contributed by atoms with E-state index in [-0.39, 0.29) is 0 Å². The van der Waals surface area contributed by atoms with Gasteiger partial charge < -0.3 is 14.5 Å². The predicted molar refractivity (Wildman–Crippen MR) is 106 cm³/mol. The highest BCUT2D eigenvalue weighted by atomic mass is 79.9. The summed E-state index contributed by atoms with van der Waals surface area (Å²) >= 11 is 3.68. The minimum absolute atomic E-state index is 0.712. The van der Waals surface area contributed by atoms with E-state index in [1.54, 1.807) is 7.11 Å². The lowest BCUT2D eigenvalue weighted by Gasteiger charge is -2.28. The molecule has 1 aromatic carbocycles. The van der Waals surface area contributed by atoms with Crippen molar-refractivity contribution in [2.75, 3.05) is 43.1 Å². The van der Waals surface area contributed by atoms with E-state index in [0.717, 1.165) is 34.7 Å². The molecule has 0 aliphatic rings. The fourth-order valence-electron chi connectivity index (χ4n) is 2.37. The zero-order valence-corrected chi connectivity index (χ0v) is 15.4. The molecule has 3 nitrogen and oxygen atoms in total.